The van der Waals surface area contributed by atoms with Crippen LogP contribution in [0.15, 0.2) is 42.5 Å². The predicted octanol–water partition coefficient (Wildman–Crippen LogP) is 6.43. The Bertz CT molecular complexity index is 848. The number of carbonyl (C=O) groups excluding carboxylic acids is 1. The second-order valence-electron chi connectivity index (χ2n) is 6.53. The first-order valence-electron chi connectivity index (χ1n) is 8.89. The molecule has 0 amide bonds. The molecular weight excluding hydrogens is 479 g/mol. The van der Waals surface area contributed by atoms with Crippen LogP contribution >= 0.6 is 58.0 Å². The highest BCUT2D eigenvalue weighted by molar-refractivity contribution is 6.68. The lowest BCUT2D eigenvalue weighted by molar-refractivity contribution is 0.0158. The molecule has 156 valence electrons. The average Bonchev–Trinajstić information content (AvgIpc) is 2.67. The van der Waals surface area contributed by atoms with Gasteiger partial charge in [0.15, 0.2) is 5.78 Å². The Morgan fingerprint density at radius 3 is 2.24 bits per heavy atom. The molecule has 2 aromatic rings. The second kappa shape index (κ2) is 10.1. The van der Waals surface area contributed by atoms with Gasteiger partial charge in [-0.2, -0.15) is 0 Å². The van der Waals surface area contributed by atoms with E-state index in [4.69, 9.17) is 67.5 Å². The van der Waals surface area contributed by atoms with Crippen molar-refractivity contribution in [3.63, 3.8) is 0 Å². The van der Waals surface area contributed by atoms with Crippen LogP contribution < -0.4 is 4.74 Å². The third kappa shape index (κ3) is 6.38. The lowest BCUT2D eigenvalue weighted by atomic mass is 10.0. The number of nitrogens with zero attached hydrogens (tertiary/aromatic N) is 1. The molecule has 0 spiro atoms. The van der Waals surface area contributed by atoms with Gasteiger partial charge in [0.25, 0.3) is 0 Å². The van der Waals surface area contributed by atoms with Crippen LogP contribution in [0.1, 0.15) is 16.8 Å². The van der Waals surface area contributed by atoms with Gasteiger partial charge in [0, 0.05) is 36.2 Å². The van der Waals surface area contributed by atoms with Gasteiger partial charge < -0.3 is 9.47 Å². The van der Waals surface area contributed by atoms with E-state index in [0.29, 0.717) is 48.4 Å². The van der Waals surface area contributed by atoms with Crippen LogP contribution in [0.3, 0.4) is 0 Å². The molecule has 29 heavy (non-hydrogen) atoms. The third-order valence-corrected chi connectivity index (χ3v) is 5.85. The van der Waals surface area contributed by atoms with Crippen LogP contribution in [-0.4, -0.2) is 46.8 Å². The first-order valence-corrected chi connectivity index (χ1v) is 10.8. The molecule has 2 aromatic carbocycles. The van der Waals surface area contributed by atoms with Crippen LogP contribution in [0.5, 0.6) is 11.5 Å². The van der Waals surface area contributed by atoms with Crippen LogP contribution in [0.2, 0.25) is 10.0 Å². The van der Waals surface area contributed by atoms with Crippen molar-refractivity contribution in [3.05, 3.63) is 58.1 Å². The monoisotopic (exact) mass is 495 g/mol. The van der Waals surface area contributed by atoms with E-state index in [9.17, 15) is 4.79 Å². The molecule has 0 unspecified atom stereocenters. The van der Waals surface area contributed by atoms with Gasteiger partial charge in [0.1, 0.15) is 11.5 Å². The summed E-state index contributed by atoms with van der Waals surface area (Å²) in [7, 11) is 0. The van der Waals surface area contributed by atoms with Gasteiger partial charge in [-0.25, -0.2) is 0 Å². The Hall–Kier alpha value is -0.720. The number of hydrogen-bond donors (Lipinski definition) is 0. The highest BCUT2D eigenvalue weighted by Gasteiger charge is 2.39. The van der Waals surface area contributed by atoms with E-state index >= 15 is 0 Å². The highest BCUT2D eigenvalue weighted by atomic mass is 35.6. The largest absolute Gasteiger partial charge is 0.457 e. The standard InChI is InChI=1S/C20H18Cl5NO3/c21-13-1-3-14(4-2-13)29-15-5-6-16(17(22)11-15)18(27)12-19(20(23,24)25)26-7-9-28-10-8-26/h1-6,11,19H,7-10,12H2/t19-/m0/s1. The highest BCUT2D eigenvalue weighted by Crippen LogP contribution is 2.37. The van der Waals surface area contributed by atoms with Crippen LogP contribution in [0.4, 0.5) is 0 Å². The number of hydrogen-bond acceptors (Lipinski definition) is 4. The molecule has 9 heteroatoms. The maximum Gasteiger partial charge on any atom is 0.206 e. The first-order chi connectivity index (χ1) is 13.7. The molecule has 1 atom stereocenters. The van der Waals surface area contributed by atoms with E-state index in [-0.39, 0.29) is 17.2 Å². The molecule has 0 radical (unpaired) electrons. The Morgan fingerprint density at radius 2 is 1.66 bits per heavy atom. The molecule has 0 N–H and O–H groups in total. The zero-order valence-electron chi connectivity index (χ0n) is 15.2. The molecule has 0 aliphatic carbocycles. The quantitative estimate of drug-likeness (QED) is 0.341. The summed E-state index contributed by atoms with van der Waals surface area (Å²) in [5.74, 6) is 0.893. The van der Waals surface area contributed by atoms with Crippen molar-refractivity contribution in [2.75, 3.05) is 26.3 Å². The predicted molar refractivity (Wildman–Crippen MR) is 118 cm³/mol. The molecule has 1 aliphatic rings. The van der Waals surface area contributed by atoms with Crippen molar-refractivity contribution in [1.82, 2.24) is 4.90 Å². The van der Waals surface area contributed by atoms with Crippen molar-refractivity contribution in [2.24, 2.45) is 0 Å². The van der Waals surface area contributed by atoms with E-state index < -0.39 is 9.83 Å². The smallest absolute Gasteiger partial charge is 0.206 e. The fourth-order valence-corrected chi connectivity index (χ4v) is 4.10. The number of halogens is 5. The number of benzene rings is 2. The van der Waals surface area contributed by atoms with Gasteiger partial charge in [-0.05, 0) is 36.4 Å². The van der Waals surface area contributed by atoms with Crippen molar-refractivity contribution < 1.29 is 14.3 Å². The van der Waals surface area contributed by atoms with Crippen molar-refractivity contribution in [1.29, 1.82) is 0 Å². The Balaban J connectivity index is 1.73. The third-order valence-electron chi connectivity index (χ3n) is 4.53. The molecule has 0 aromatic heterocycles. The number of alkyl halides is 3. The maximum atomic E-state index is 12.9. The SMILES string of the molecule is O=C(C[C@H](N1CCOCC1)C(Cl)(Cl)Cl)c1ccc(Oc2ccc(Cl)cc2)cc1Cl. The molecule has 1 aliphatic heterocycles. The van der Waals surface area contributed by atoms with Crippen molar-refractivity contribution in [3.8, 4) is 11.5 Å². The first kappa shape index (κ1) is 23.0. The Kier molecular flexibility index (Phi) is 7.96. The van der Waals surface area contributed by atoms with Gasteiger partial charge in [0.05, 0.1) is 24.3 Å². The van der Waals surface area contributed by atoms with Gasteiger partial charge in [-0.15, -0.1) is 0 Å². The molecule has 0 bridgehead atoms. The second-order valence-corrected chi connectivity index (χ2v) is 9.74. The van der Waals surface area contributed by atoms with Gasteiger partial charge in [-0.3, -0.25) is 9.69 Å². The Labute approximate surface area is 194 Å². The molecule has 1 fully saturated rings. The number of carbonyl (C=O) groups is 1. The van der Waals surface area contributed by atoms with E-state index in [1.807, 2.05) is 4.90 Å². The zero-order chi connectivity index (χ0) is 21.0. The van der Waals surface area contributed by atoms with Gasteiger partial charge >= 0.3 is 0 Å². The minimum absolute atomic E-state index is 0.0214. The molecule has 1 saturated heterocycles. The van der Waals surface area contributed by atoms with Crippen LogP contribution in [-0.2, 0) is 4.74 Å². The number of ether oxygens (including phenoxy) is 2. The number of morpholine rings is 1. The van der Waals surface area contributed by atoms with Gasteiger partial charge in [-0.1, -0.05) is 58.0 Å². The van der Waals surface area contributed by atoms with E-state index in [1.54, 1.807) is 42.5 Å². The topological polar surface area (TPSA) is 38.8 Å². The summed E-state index contributed by atoms with van der Waals surface area (Å²) >= 11 is 30.7. The summed E-state index contributed by atoms with van der Waals surface area (Å²) in [6.45, 7) is 2.24. The number of rotatable bonds is 6. The van der Waals surface area contributed by atoms with Gasteiger partial charge in [0.2, 0.25) is 3.79 Å². The Morgan fingerprint density at radius 1 is 1.03 bits per heavy atom. The fourth-order valence-electron chi connectivity index (χ4n) is 3.05. The summed E-state index contributed by atoms with van der Waals surface area (Å²) in [5, 5.41) is 0.881. The number of ketones is 1. The van der Waals surface area contributed by atoms with Crippen LogP contribution in [0, 0.1) is 0 Å². The normalized spacial score (nSPS) is 16.4. The van der Waals surface area contributed by atoms with Crippen LogP contribution in [0.25, 0.3) is 0 Å². The van der Waals surface area contributed by atoms with Crippen molar-refractivity contribution >= 4 is 63.8 Å². The number of Topliss-reactive ketones (excluding diaryl/α,β-unsaturated/α-hetero) is 1. The fraction of sp³-hybridized carbons (Fsp3) is 0.350. The maximum absolute atomic E-state index is 12.9. The lowest BCUT2D eigenvalue weighted by Crippen LogP contribution is -2.50. The van der Waals surface area contributed by atoms with Crippen molar-refractivity contribution in [2.45, 2.75) is 16.3 Å². The van der Waals surface area contributed by atoms with E-state index in [2.05, 4.69) is 0 Å². The molecule has 3 rings (SSSR count). The summed E-state index contributed by atoms with van der Waals surface area (Å²) in [6.07, 6.45) is 0.0214. The molecule has 0 saturated carbocycles. The summed E-state index contributed by atoms with van der Waals surface area (Å²) in [4.78, 5) is 14.9. The minimum atomic E-state index is -1.61. The molecular formula is C20H18Cl5NO3. The minimum Gasteiger partial charge on any atom is -0.457 e. The molecule has 1 heterocycles. The van der Waals surface area contributed by atoms with E-state index in [0.717, 1.165) is 0 Å². The summed E-state index contributed by atoms with van der Waals surface area (Å²) < 4.78 is 9.47. The lowest BCUT2D eigenvalue weighted by Gasteiger charge is -2.37. The summed E-state index contributed by atoms with van der Waals surface area (Å²) in [6, 6.07) is 11.2. The summed E-state index contributed by atoms with van der Waals surface area (Å²) in [5.41, 5.74) is 0.350. The zero-order valence-corrected chi connectivity index (χ0v) is 19.0. The average molecular weight is 498 g/mol. The van der Waals surface area contributed by atoms with E-state index in [1.165, 1.54) is 0 Å². The molecule has 4 nitrogen and oxygen atoms in total.